The molecule has 5 heteroatoms. The normalized spacial score (nSPS) is 19.5. The Morgan fingerprint density at radius 1 is 1.12 bits per heavy atom. The Kier molecular flexibility index (Phi) is 2.22. The number of hydrogen-bond donors (Lipinski definition) is 1. The number of hydrogen-bond acceptors (Lipinski definition) is 3. The molecular formula is C12H10O4S. The zero-order valence-electron chi connectivity index (χ0n) is 8.83. The molecule has 1 aliphatic heterocycles. The first-order valence-corrected chi connectivity index (χ1v) is 6.61. The van der Waals surface area contributed by atoms with Crippen LogP contribution in [0.15, 0.2) is 41.3 Å². The molecule has 0 aromatic heterocycles. The molecular weight excluding hydrogens is 240 g/mol. The van der Waals surface area contributed by atoms with Gasteiger partial charge in [-0.15, -0.1) is 0 Å². The molecule has 2 aromatic carbocycles. The third-order valence-corrected chi connectivity index (χ3v) is 3.69. The second-order valence-corrected chi connectivity index (χ2v) is 5.49. The standard InChI is InChI=1S/C12H10O4S/c13-17(14,15)11-4-3-8-5-10(12-7-16-12)2-1-9(8)6-11/h1-6,12H,7H2,(H,13,14,15). The van der Waals surface area contributed by atoms with Gasteiger partial charge in [-0.2, -0.15) is 8.42 Å². The Hall–Kier alpha value is -1.43. The number of benzene rings is 2. The predicted octanol–water partition coefficient (Wildman–Crippen LogP) is 2.16. The van der Waals surface area contributed by atoms with Gasteiger partial charge in [0.25, 0.3) is 10.1 Å². The van der Waals surface area contributed by atoms with Crippen LogP contribution >= 0.6 is 0 Å². The highest BCUT2D eigenvalue weighted by atomic mass is 32.2. The summed E-state index contributed by atoms with van der Waals surface area (Å²) in [6, 6.07) is 10.3. The van der Waals surface area contributed by atoms with Gasteiger partial charge >= 0.3 is 0 Å². The molecule has 1 aliphatic rings. The topological polar surface area (TPSA) is 66.9 Å². The van der Waals surface area contributed by atoms with Crippen LogP contribution in [-0.2, 0) is 14.9 Å². The fourth-order valence-electron chi connectivity index (χ4n) is 1.84. The lowest BCUT2D eigenvalue weighted by molar-refractivity contribution is 0.416. The molecule has 1 saturated heterocycles. The average molecular weight is 250 g/mol. The van der Waals surface area contributed by atoms with Gasteiger partial charge in [-0.25, -0.2) is 0 Å². The predicted molar refractivity (Wildman–Crippen MR) is 62.5 cm³/mol. The molecule has 0 amide bonds. The van der Waals surface area contributed by atoms with Crippen molar-refractivity contribution in [2.24, 2.45) is 0 Å². The molecule has 0 radical (unpaired) electrons. The fraction of sp³-hybridized carbons (Fsp3) is 0.167. The molecule has 2 aromatic rings. The Morgan fingerprint density at radius 2 is 1.76 bits per heavy atom. The van der Waals surface area contributed by atoms with Crippen LogP contribution in [0.3, 0.4) is 0 Å². The quantitative estimate of drug-likeness (QED) is 0.655. The first kappa shape index (κ1) is 10.7. The number of ether oxygens (including phenoxy) is 1. The van der Waals surface area contributed by atoms with Crippen LogP contribution in [-0.4, -0.2) is 19.6 Å². The van der Waals surface area contributed by atoms with Gasteiger partial charge < -0.3 is 4.74 Å². The van der Waals surface area contributed by atoms with Crippen LogP contribution in [0, 0.1) is 0 Å². The van der Waals surface area contributed by atoms with E-state index in [1.807, 2.05) is 18.2 Å². The van der Waals surface area contributed by atoms with Crippen LogP contribution in [0.2, 0.25) is 0 Å². The number of rotatable bonds is 2. The van der Waals surface area contributed by atoms with Crippen molar-refractivity contribution >= 4 is 20.9 Å². The van der Waals surface area contributed by atoms with Gasteiger partial charge in [0, 0.05) is 0 Å². The van der Waals surface area contributed by atoms with Crippen LogP contribution in [0.25, 0.3) is 10.8 Å². The summed E-state index contributed by atoms with van der Waals surface area (Å²) in [7, 11) is -4.13. The summed E-state index contributed by atoms with van der Waals surface area (Å²) in [5.74, 6) is 0. The molecule has 17 heavy (non-hydrogen) atoms. The average Bonchev–Trinajstić information content (AvgIpc) is 3.10. The lowest BCUT2D eigenvalue weighted by atomic mass is 10.1. The summed E-state index contributed by atoms with van der Waals surface area (Å²) in [5.41, 5.74) is 1.09. The molecule has 0 aliphatic carbocycles. The summed E-state index contributed by atoms with van der Waals surface area (Å²) in [5, 5.41) is 1.72. The number of fused-ring (bicyclic) bond motifs is 1. The molecule has 0 saturated carbocycles. The third kappa shape index (κ3) is 2.04. The van der Waals surface area contributed by atoms with Gasteiger partial charge in [-0.05, 0) is 34.5 Å². The van der Waals surface area contributed by atoms with E-state index in [0.717, 1.165) is 22.9 Å². The van der Waals surface area contributed by atoms with E-state index in [-0.39, 0.29) is 11.0 Å². The first-order chi connectivity index (χ1) is 8.04. The van der Waals surface area contributed by atoms with Crippen molar-refractivity contribution in [3.05, 3.63) is 42.0 Å². The molecule has 3 rings (SSSR count). The Morgan fingerprint density at radius 3 is 2.41 bits per heavy atom. The van der Waals surface area contributed by atoms with Crippen molar-refractivity contribution < 1.29 is 17.7 Å². The van der Waals surface area contributed by atoms with Gasteiger partial charge in [0.05, 0.1) is 11.5 Å². The van der Waals surface area contributed by atoms with E-state index in [2.05, 4.69) is 0 Å². The molecule has 0 bridgehead atoms. The van der Waals surface area contributed by atoms with E-state index in [9.17, 15) is 8.42 Å². The van der Waals surface area contributed by atoms with Gasteiger partial charge in [-0.3, -0.25) is 4.55 Å². The van der Waals surface area contributed by atoms with Crippen LogP contribution < -0.4 is 0 Å². The van der Waals surface area contributed by atoms with E-state index in [1.54, 1.807) is 6.07 Å². The van der Waals surface area contributed by atoms with Crippen molar-refractivity contribution in [1.82, 2.24) is 0 Å². The second-order valence-electron chi connectivity index (χ2n) is 4.07. The first-order valence-electron chi connectivity index (χ1n) is 5.17. The van der Waals surface area contributed by atoms with Crippen molar-refractivity contribution in [2.45, 2.75) is 11.0 Å². The van der Waals surface area contributed by atoms with Gasteiger partial charge in [0.15, 0.2) is 0 Å². The highest BCUT2D eigenvalue weighted by Gasteiger charge is 2.24. The van der Waals surface area contributed by atoms with E-state index < -0.39 is 10.1 Å². The highest BCUT2D eigenvalue weighted by molar-refractivity contribution is 7.85. The molecule has 1 fully saturated rings. The van der Waals surface area contributed by atoms with Crippen molar-refractivity contribution in [1.29, 1.82) is 0 Å². The lowest BCUT2D eigenvalue weighted by Gasteiger charge is -2.03. The van der Waals surface area contributed by atoms with Gasteiger partial charge in [0.1, 0.15) is 6.10 Å². The zero-order valence-corrected chi connectivity index (χ0v) is 9.65. The van der Waals surface area contributed by atoms with E-state index in [4.69, 9.17) is 9.29 Å². The summed E-state index contributed by atoms with van der Waals surface area (Å²) in [6.07, 6.45) is 0.181. The zero-order chi connectivity index (χ0) is 12.0. The smallest absolute Gasteiger partial charge is 0.294 e. The molecule has 1 heterocycles. The maximum absolute atomic E-state index is 11.0. The third-order valence-electron chi connectivity index (χ3n) is 2.84. The Bertz CT molecular complexity index is 687. The largest absolute Gasteiger partial charge is 0.368 e. The SMILES string of the molecule is O=S(=O)(O)c1ccc2cc(C3CO3)ccc2c1. The van der Waals surface area contributed by atoms with Crippen molar-refractivity contribution in [2.75, 3.05) is 6.61 Å². The molecule has 0 spiro atoms. The summed E-state index contributed by atoms with van der Waals surface area (Å²) < 4.78 is 36.1. The van der Waals surface area contributed by atoms with Gasteiger partial charge in [-0.1, -0.05) is 18.2 Å². The van der Waals surface area contributed by atoms with Crippen LogP contribution in [0.1, 0.15) is 11.7 Å². The summed E-state index contributed by atoms with van der Waals surface area (Å²) in [4.78, 5) is -0.0829. The fourth-order valence-corrected chi connectivity index (χ4v) is 2.36. The minimum absolute atomic E-state index is 0.0829. The maximum Gasteiger partial charge on any atom is 0.294 e. The maximum atomic E-state index is 11.0. The summed E-state index contributed by atoms with van der Waals surface area (Å²) in [6.45, 7) is 0.745. The molecule has 1 N–H and O–H groups in total. The minimum atomic E-state index is -4.13. The minimum Gasteiger partial charge on any atom is -0.368 e. The van der Waals surface area contributed by atoms with E-state index >= 15 is 0 Å². The molecule has 1 unspecified atom stereocenters. The van der Waals surface area contributed by atoms with Gasteiger partial charge in [0.2, 0.25) is 0 Å². The lowest BCUT2D eigenvalue weighted by Crippen LogP contribution is -1.97. The molecule has 4 nitrogen and oxygen atoms in total. The van der Waals surface area contributed by atoms with E-state index in [1.165, 1.54) is 12.1 Å². The van der Waals surface area contributed by atoms with Crippen LogP contribution in [0.4, 0.5) is 0 Å². The van der Waals surface area contributed by atoms with Crippen LogP contribution in [0.5, 0.6) is 0 Å². The Labute approximate surface area is 98.6 Å². The monoisotopic (exact) mass is 250 g/mol. The molecule has 88 valence electrons. The molecule has 1 atom stereocenters. The van der Waals surface area contributed by atoms with Crippen molar-refractivity contribution in [3.8, 4) is 0 Å². The van der Waals surface area contributed by atoms with Crippen molar-refractivity contribution in [3.63, 3.8) is 0 Å². The highest BCUT2D eigenvalue weighted by Crippen LogP contribution is 2.32. The Balaban J connectivity index is 2.15. The van der Waals surface area contributed by atoms with E-state index in [0.29, 0.717) is 0 Å². The number of epoxide rings is 1. The summed E-state index contributed by atoms with van der Waals surface area (Å²) >= 11 is 0. The second kappa shape index (κ2) is 3.53.